The highest BCUT2D eigenvalue weighted by Gasteiger charge is 2.07. The number of hydrogen-bond acceptors (Lipinski definition) is 2. The van der Waals surface area contributed by atoms with Crippen LogP contribution in [0.3, 0.4) is 0 Å². The number of hydrogen-bond donors (Lipinski definition) is 0. The first-order valence-electron chi connectivity index (χ1n) is 6.76. The van der Waals surface area contributed by atoms with E-state index in [0.29, 0.717) is 0 Å². The van der Waals surface area contributed by atoms with Crippen LogP contribution in [0.4, 0.5) is 0 Å². The number of ketones is 1. The third-order valence-electron chi connectivity index (χ3n) is 3.32. The SMILES string of the molecule is CCCCn1cc(-c2ccc(C(C)=O)cc2C)cn1. The minimum Gasteiger partial charge on any atom is -0.295 e. The molecule has 0 bridgehead atoms. The van der Waals surface area contributed by atoms with Gasteiger partial charge in [-0.25, -0.2) is 0 Å². The summed E-state index contributed by atoms with van der Waals surface area (Å²) in [6, 6.07) is 5.84. The van der Waals surface area contributed by atoms with Crippen molar-refractivity contribution in [3.63, 3.8) is 0 Å². The first-order valence-corrected chi connectivity index (χ1v) is 6.76. The average molecular weight is 256 g/mol. The molecular formula is C16H20N2O. The number of Topliss-reactive ketones (excluding diaryl/α,β-unsaturated/α-hetero) is 1. The summed E-state index contributed by atoms with van der Waals surface area (Å²) in [4.78, 5) is 11.4. The van der Waals surface area contributed by atoms with Crippen LogP contribution >= 0.6 is 0 Å². The second kappa shape index (κ2) is 5.83. The fourth-order valence-corrected chi connectivity index (χ4v) is 2.15. The standard InChI is InChI=1S/C16H20N2O/c1-4-5-8-18-11-15(10-17-18)16-7-6-14(13(3)19)9-12(16)2/h6-7,9-11H,4-5,8H2,1-3H3. The molecule has 0 radical (unpaired) electrons. The van der Waals surface area contributed by atoms with Gasteiger partial charge >= 0.3 is 0 Å². The molecule has 0 aliphatic heterocycles. The fourth-order valence-electron chi connectivity index (χ4n) is 2.15. The van der Waals surface area contributed by atoms with Gasteiger partial charge in [-0.15, -0.1) is 0 Å². The van der Waals surface area contributed by atoms with E-state index in [0.717, 1.165) is 35.2 Å². The Morgan fingerprint density at radius 1 is 1.37 bits per heavy atom. The maximum atomic E-state index is 11.4. The van der Waals surface area contributed by atoms with Gasteiger partial charge in [0, 0.05) is 23.9 Å². The van der Waals surface area contributed by atoms with Crippen molar-refractivity contribution in [1.82, 2.24) is 9.78 Å². The molecular weight excluding hydrogens is 236 g/mol. The van der Waals surface area contributed by atoms with E-state index in [9.17, 15) is 4.79 Å². The molecule has 0 spiro atoms. The summed E-state index contributed by atoms with van der Waals surface area (Å²) >= 11 is 0. The summed E-state index contributed by atoms with van der Waals surface area (Å²) in [6.45, 7) is 6.76. The van der Waals surface area contributed by atoms with Crippen molar-refractivity contribution in [2.45, 2.75) is 40.2 Å². The van der Waals surface area contributed by atoms with Gasteiger partial charge in [0.15, 0.2) is 5.78 Å². The number of aryl methyl sites for hydroxylation is 2. The van der Waals surface area contributed by atoms with E-state index in [1.165, 1.54) is 6.42 Å². The number of aromatic nitrogens is 2. The van der Waals surface area contributed by atoms with Gasteiger partial charge in [-0.05, 0) is 37.5 Å². The monoisotopic (exact) mass is 256 g/mol. The summed E-state index contributed by atoms with van der Waals surface area (Å²) in [6.07, 6.45) is 6.28. The molecule has 0 amide bonds. The Labute approximate surface area is 114 Å². The van der Waals surface area contributed by atoms with Gasteiger partial charge in [0.1, 0.15) is 0 Å². The van der Waals surface area contributed by atoms with Crippen LogP contribution in [-0.2, 0) is 6.54 Å². The van der Waals surface area contributed by atoms with Crippen molar-refractivity contribution in [3.8, 4) is 11.1 Å². The number of rotatable bonds is 5. The van der Waals surface area contributed by atoms with Crippen LogP contribution in [0.1, 0.15) is 42.6 Å². The lowest BCUT2D eigenvalue weighted by Crippen LogP contribution is -1.97. The van der Waals surface area contributed by atoms with Crippen LogP contribution in [-0.4, -0.2) is 15.6 Å². The molecule has 0 fully saturated rings. The number of unbranched alkanes of at least 4 members (excludes halogenated alkanes) is 1. The predicted molar refractivity (Wildman–Crippen MR) is 77.3 cm³/mol. The molecule has 0 saturated carbocycles. The Hall–Kier alpha value is -1.90. The molecule has 1 heterocycles. The van der Waals surface area contributed by atoms with Gasteiger partial charge in [-0.1, -0.05) is 25.5 Å². The molecule has 100 valence electrons. The summed E-state index contributed by atoms with van der Waals surface area (Å²) < 4.78 is 1.98. The Bertz CT molecular complexity index is 584. The Morgan fingerprint density at radius 2 is 2.16 bits per heavy atom. The van der Waals surface area contributed by atoms with Crippen LogP contribution in [0.5, 0.6) is 0 Å². The maximum absolute atomic E-state index is 11.4. The molecule has 1 aromatic carbocycles. The minimum absolute atomic E-state index is 0.105. The van der Waals surface area contributed by atoms with Crippen molar-refractivity contribution < 1.29 is 4.79 Å². The second-order valence-corrected chi connectivity index (χ2v) is 4.93. The lowest BCUT2D eigenvalue weighted by atomic mass is 9.99. The summed E-state index contributed by atoms with van der Waals surface area (Å²) in [5, 5.41) is 4.38. The normalized spacial score (nSPS) is 10.7. The highest BCUT2D eigenvalue weighted by molar-refractivity contribution is 5.94. The van der Waals surface area contributed by atoms with E-state index >= 15 is 0 Å². The first kappa shape index (κ1) is 13.5. The molecule has 0 unspecified atom stereocenters. The van der Waals surface area contributed by atoms with Crippen molar-refractivity contribution in [2.75, 3.05) is 0 Å². The highest BCUT2D eigenvalue weighted by Crippen LogP contribution is 2.24. The van der Waals surface area contributed by atoms with Gasteiger partial charge in [-0.3, -0.25) is 9.48 Å². The van der Waals surface area contributed by atoms with Crippen LogP contribution in [0.2, 0.25) is 0 Å². The largest absolute Gasteiger partial charge is 0.295 e. The summed E-state index contributed by atoms with van der Waals surface area (Å²) in [5.74, 6) is 0.105. The lowest BCUT2D eigenvalue weighted by Gasteiger charge is -2.05. The maximum Gasteiger partial charge on any atom is 0.159 e. The van der Waals surface area contributed by atoms with E-state index in [4.69, 9.17) is 0 Å². The molecule has 0 aliphatic rings. The molecule has 19 heavy (non-hydrogen) atoms. The smallest absolute Gasteiger partial charge is 0.159 e. The minimum atomic E-state index is 0.105. The van der Waals surface area contributed by atoms with Crippen LogP contribution in [0.25, 0.3) is 11.1 Å². The number of carbonyl (C=O) groups excluding carboxylic acids is 1. The predicted octanol–water partition coefficient (Wildman–Crippen LogP) is 3.86. The Balaban J connectivity index is 2.26. The van der Waals surface area contributed by atoms with Crippen molar-refractivity contribution in [1.29, 1.82) is 0 Å². The molecule has 3 heteroatoms. The topological polar surface area (TPSA) is 34.9 Å². The van der Waals surface area contributed by atoms with Crippen LogP contribution in [0, 0.1) is 6.92 Å². The Kier molecular flexibility index (Phi) is 4.15. The van der Waals surface area contributed by atoms with Gasteiger partial charge in [0.05, 0.1) is 6.20 Å². The summed E-state index contributed by atoms with van der Waals surface area (Å²) in [5.41, 5.74) is 4.14. The molecule has 2 aromatic rings. The van der Waals surface area contributed by atoms with E-state index in [-0.39, 0.29) is 5.78 Å². The molecule has 3 nitrogen and oxygen atoms in total. The van der Waals surface area contributed by atoms with Gasteiger partial charge in [0.25, 0.3) is 0 Å². The average Bonchev–Trinajstić information content (AvgIpc) is 2.84. The number of carbonyl (C=O) groups is 1. The van der Waals surface area contributed by atoms with E-state index in [1.807, 2.05) is 36.0 Å². The molecule has 0 N–H and O–H groups in total. The van der Waals surface area contributed by atoms with Gasteiger partial charge < -0.3 is 0 Å². The van der Waals surface area contributed by atoms with E-state index in [1.54, 1.807) is 6.92 Å². The zero-order valence-corrected chi connectivity index (χ0v) is 11.8. The quantitative estimate of drug-likeness (QED) is 0.761. The number of nitrogens with zero attached hydrogens (tertiary/aromatic N) is 2. The lowest BCUT2D eigenvalue weighted by molar-refractivity contribution is 0.101. The van der Waals surface area contributed by atoms with E-state index < -0.39 is 0 Å². The van der Waals surface area contributed by atoms with E-state index in [2.05, 4.69) is 18.2 Å². The first-order chi connectivity index (χ1) is 9.11. The molecule has 0 aliphatic carbocycles. The van der Waals surface area contributed by atoms with Crippen molar-refractivity contribution >= 4 is 5.78 Å². The zero-order chi connectivity index (χ0) is 13.8. The molecule has 0 saturated heterocycles. The fraction of sp³-hybridized carbons (Fsp3) is 0.375. The van der Waals surface area contributed by atoms with Crippen molar-refractivity contribution in [2.24, 2.45) is 0 Å². The third-order valence-corrected chi connectivity index (χ3v) is 3.32. The molecule has 0 atom stereocenters. The zero-order valence-electron chi connectivity index (χ0n) is 11.8. The van der Waals surface area contributed by atoms with Crippen molar-refractivity contribution in [3.05, 3.63) is 41.7 Å². The second-order valence-electron chi connectivity index (χ2n) is 4.93. The Morgan fingerprint density at radius 3 is 2.79 bits per heavy atom. The third kappa shape index (κ3) is 3.11. The summed E-state index contributed by atoms with van der Waals surface area (Å²) in [7, 11) is 0. The highest BCUT2D eigenvalue weighted by atomic mass is 16.1. The van der Waals surface area contributed by atoms with Crippen LogP contribution < -0.4 is 0 Å². The van der Waals surface area contributed by atoms with Gasteiger partial charge in [0.2, 0.25) is 0 Å². The van der Waals surface area contributed by atoms with Gasteiger partial charge in [-0.2, -0.15) is 5.10 Å². The molecule has 2 rings (SSSR count). The molecule has 1 aromatic heterocycles. The van der Waals surface area contributed by atoms with Crippen LogP contribution in [0.15, 0.2) is 30.6 Å². The number of benzene rings is 1.